The van der Waals surface area contributed by atoms with Gasteiger partial charge in [-0.15, -0.1) is 0 Å². The molecule has 0 unspecified atom stereocenters. The highest BCUT2D eigenvalue weighted by atomic mass is 79.9. The predicted molar refractivity (Wildman–Crippen MR) is 58.5 cm³/mol. The highest BCUT2D eigenvalue weighted by Crippen LogP contribution is 2.20. The van der Waals surface area contributed by atoms with E-state index in [1.807, 2.05) is 25.1 Å². The average Bonchev–Trinajstić information content (AvgIpc) is 2.19. The van der Waals surface area contributed by atoms with Gasteiger partial charge in [0.1, 0.15) is 10.4 Å². The van der Waals surface area contributed by atoms with E-state index < -0.39 is 0 Å². The van der Waals surface area contributed by atoms with Crippen molar-refractivity contribution in [3.8, 4) is 5.75 Å². The van der Waals surface area contributed by atoms with Crippen LogP contribution < -0.4 is 4.74 Å². The molecule has 0 aliphatic rings. The molecule has 0 saturated carbocycles. The Bertz CT molecular complexity index is 485. The molecule has 0 aliphatic heterocycles. The van der Waals surface area contributed by atoms with Gasteiger partial charge in [-0.1, -0.05) is 0 Å². The van der Waals surface area contributed by atoms with Crippen LogP contribution in [0.25, 0.3) is 11.0 Å². The van der Waals surface area contributed by atoms with Crippen molar-refractivity contribution in [3.63, 3.8) is 0 Å². The number of aromatic nitrogens is 2. The zero-order valence-corrected chi connectivity index (χ0v) is 9.50. The number of methoxy groups -OCH3 is 1. The number of hydrogen-bond acceptors (Lipinski definition) is 3. The summed E-state index contributed by atoms with van der Waals surface area (Å²) in [6, 6.07) is 5.65. The van der Waals surface area contributed by atoms with Crippen molar-refractivity contribution >= 4 is 27.0 Å². The van der Waals surface area contributed by atoms with E-state index in [1.165, 1.54) is 0 Å². The summed E-state index contributed by atoms with van der Waals surface area (Å²) in [5, 5.41) is 0. The molecule has 1 heterocycles. The number of rotatable bonds is 1. The topological polar surface area (TPSA) is 35.0 Å². The van der Waals surface area contributed by atoms with Gasteiger partial charge in [0.2, 0.25) is 0 Å². The summed E-state index contributed by atoms with van der Waals surface area (Å²) >= 11 is 3.35. The van der Waals surface area contributed by atoms with Crippen LogP contribution >= 0.6 is 15.9 Å². The Hall–Kier alpha value is -1.16. The van der Waals surface area contributed by atoms with Gasteiger partial charge in [0, 0.05) is 6.07 Å². The molecular formula is C10H9BrN2O. The molecule has 0 fully saturated rings. The van der Waals surface area contributed by atoms with Gasteiger partial charge in [-0.25, -0.2) is 9.97 Å². The predicted octanol–water partition coefficient (Wildman–Crippen LogP) is 2.71. The molecule has 0 atom stereocenters. The molecule has 14 heavy (non-hydrogen) atoms. The van der Waals surface area contributed by atoms with Gasteiger partial charge < -0.3 is 4.74 Å². The third-order valence-electron chi connectivity index (χ3n) is 1.99. The second-order valence-corrected chi connectivity index (χ2v) is 3.71. The number of nitrogens with zero attached hydrogens (tertiary/aromatic N) is 2. The fourth-order valence-electron chi connectivity index (χ4n) is 1.23. The van der Waals surface area contributed by atoms with Crippen LogP contribution in [0.4, 0.5) is 0 Å². The smallest absolute Gasteiger partial charge is 0.128 e. The molecule has 1 aromatic heterocycles. The number of halogens is 1. The molecule has 0 saturated heterocycles. The molecule has 0 aliphatic carbocycles. The van der Waals surface area contributed by atoms with Crippen LogP contribution in [0.5, 0.6) is 5.75 Å². The van der Waals surface area contributed by atoms with E-state index in [1.54, 1.807) is 7.11 Å². The maximum atomic E-state index is 5.11. The summed E-state index contributed by atoms with van der Waals surface area (Å²) in [5.74, 6) is 0.794. The second kappa shape index (κ2) is 3.53. The zero-order valence-electron chi connectivity index (χ0n) is 7.91. The van der Waals surface area contributed by atoms with Gasteiger partial charge in [-0.05, 0) is 35.0 Å². The van der Waals surface area contributed by atoms with E-state index >= 15 is 0 Å². The molecule has 72 valence electrons. The lowest BCUT2D eigenvalue weighted by molar-refractivity contribution is 0.415. The standard InChI is InChI=1S/C10H9BrN2O/c1-6-10(11)13-9-5-7(14-2)3-4-8(9)12-6/h3-5H,1-2H3. The van der Waals surface area contributed by atoms with E-state index in [0.29, 0.717) is 0 Å². The molecule has 3 nitrogen and oxygen atoms in total. The van der Waals surface area contributed by atoms with Crippen LogP contribution in [0, 0.1) is 6.92 Å². The molecule has 4 heteroatoms. The van der Waals surface area contributed by atoms with Crippen LogP contribution in [-0.2, 0) is 0 Å². The molecule has 2 rings (SSSR count). The minimum Gasteiger partial charge on any atom is -0.497 e. The number of hydrogen-bond donors (Lipinski definition) is 0. The summed E-state index contributed by atoms with van der Waals surface area (Å²) in [7, 11) is 1.64. The summed E-state index contributed by atoms with van der Waals surface area (Å²) in [6.45, 7) is 1.92. The van der Waals surface area contributed by atoms with Crippen LogP contribution in [0.15, 0.2) is 22.8 Å². The van der Waals surface area contributed by atoms with Gasteiger partial charge in [0.15, 0.2) is 0 Å². The molecule has 0 radical (unpaired) electrons. The van der Waals surface area contributed by atoms with Crippen LogP contribution in [0.3, 0.4) is 0 Å². The quantitative estimate of drug-likeness (QED) is 0.783. The van der Waals surface area contributed by atoms with Crippen molar-refractivity contribution < 1.29 is 4.74 Å². The van der Waals surface area contributed by atoms with Gasteiger partial charge in [0.05, 0.1) is 23.8 Å². The lowest BCUT2D eigenvalue weighted by atomic mass is 10.3. The Morgan fingerprint density at radius 3 is 2.71 bits per heavy atom. The second-order valence-electron chi connectivity index (χ2n) is 2.95. The van der Waals surface area contributed by atoms with E-state index in [-0.39, 0.29) is 0 Å². The lowest BCUT2D eigenvalue weighted by Gasteiger charge is -2.03. The summed E-state index contributed by atoms with van der Waals surface area (Å²) in [6.07, 6.45) is 0. The van der Waals surface area contributed by atoms with E-state index in [4.69, 9.17) is 4.74 Å². The van der Waals surface area contributed by atoms with Gasteiger partial charge in [0.25, 0.3) is 0 Å². The number of aryl methyl sites for hydroxylation is 1. The van der Waals surface area contributed by atoms with Crippen molar-refractivity contribution in [2.45, 2.75) is 6.92 Å². The average molecular weight is 253 g/mol. The highest BCUT2D eigenvalue weighted by molar-refractivity contribution is 9.10. The monoisotopic (exact) mass is 252 g/mol. The Morgan fingerprint density at radius 2 is 2.00 bits per heavy atom. The Labute approximate surface area is 90.3 Å². The minimum atomic E-state index is 0.776. The molecule has 2 aromatic rings. The first-order valence-corrected chi connectivity index (χ1v) is 4.98. The van der Waals surface area contributed by atoms with E-state index in [9.17, 15) is 0 Å². The number of ether oxygens (including phenoxy) is 1. The van der Waals surface area contributed by atoms with Crippen molar-refractivity contribution in [3.05, 3.63) is 28.5 Å². The maximum absolute atomic E-state index is 5.11. The molecule has 0 amide bonds. The van der Waals surface area contributed by atoms with Crippen LogP contribution in [0.1, 0.15) is 5.69 Å². The number of benzene rings is 1. The normalized spacial score (nSPS) is 10.5. The fraction of sp³-hybridized carbons (Fsp3) is 0.200. The Morgan fingerprint density at radius 1 is 1.21 bits per heavy atom. The third-order valence-corrected chi connectivity index (χ3v) is 2.74. The molecule has 0 spiro atoms. The van der Waals surface area contributed by atoms with Crippen molar-refractivity contribution in [1.82, 2.24) is 9.97 Å². The van der Waals surface area contributed by atoms with Gasteiger partial charge in [-0.3, -0.25) is 0 Å². The number of fused-ring (bicyclic) bond motifs is 1. The molecule has 0 N–H and O–H groups in total. The van der Waals surface area contributed by atoms with Crippen molar-refractivity contribution in [2.75, 3.05) is 7.11 Å². The van der Waals surface area contributed by atoms with Gasteiger partial charge in [-0.2, -0.15) is 0 Å². The van der Waals surface area contributed by atoms with E-state index in [0.717, 1.165) is 27.1 Å². The Kier molecular flexibility index (Phi) is 2.37. The van der Waals surface area contributed by atoms with Crippen LogP contribution in [-0.4, -0.2) is 17.1 Å². The summed E-state index contributed by atoms with van der Waals surface area (Å²) in [4.78, 5) is 8.74. The lowest BCUT2D eigenvalue weighted by Crippen LogP contribution is -1.91. The first kappa shape index (κ1) is 9.40. The zero-order chi connectivity index (χ0) is 10.1. The van der Waals surface area contributed by atoms with Crippen molar-refractivity contribution in [1.29, 1.82) is 0 Å². The molecular weight excluding hydrogens is 244 g/mol. The Balaban J connectivity index is 2.70. The molecule has 0 bridgehead atoms. The minimum absolute atomic E-state index is 0.776. The highest BCUT2D eigenvalue weighted by Gasteiger charge is 2.03. The molecule has 1 aromatic carbocycles. The fourth-order valence-corrected chi connectivity index (χ4v) is 1.51. The SMILES string of the molecule is COc1ccc2nc(C)c(Br)nc2c1. The largest absolute Gasteiger partial charge is 0.497 e. The maximum Gasteiger partial charge on any atom is 0.128 e. The first-order valence-electron chi connectivity index (χ1n) is 4.18. The first-order chi connectivity index (χ1) is 6.70. The van der Waals surface area contributed by atoms with Crippen molar-refractivity contribution in [2.24, 2.45) is 0 Å². The van der Waals surface area contributed by atoms with Gasteiger partial charge >= 0.3 is 0 Å². The summed E-state index contributed by atoms with van der Waals surface area (Å²) in [5.41, 5.74) is 2.61. The summed E-state index contributed by atoms with van der Waals surface area (Å²) < 4.78 is 5.89. The third kappa shape index (κ3) is 1.57. The van der Waals surface area contributed by atoms with Crippen LogP contribution in [0.2, 0.25) is 0 Å². The van der Waals surface area contributed by atoms with E-state index in [2.05, 4.69) is 25.9 Å².